The van der Waals surface area contributed by atoms with Gasteiger partial charge < -0.3 is 10.6 Å². The second kappa shape index (κ2) is 4.78. The molecule has 2 N–H and O–H groups in total. The zero-order valence-corrected chi connectivity index (χ0v) is 12.0. The van der Waals surface area contributed by atoms with E-state index in [0.717, 1.165) is 4.31 Å². The quantitative estimate of drug-likeness (QED) is 0.785. The molecule has 1 heterocycles. The molecular weight excluding hydrogens is 282 g/mol. The topological polar surface area (TPSA) is 101 Å². The number of hydrogen-bond donors (Lipinski definition) is 1. The molecule has 0 unspecified atom stereocenters. The van der Waals surface area contributed by atoms with E-state index in [1.54, 1.807) is 14.1 Å². The number of carbonyl (C=O) groups excluding carboxylic acids is 2. The first kappa shape index (κ1) is 14.3. The number of nitrogen functional groups attached to an aromatic ring is 1. The molecule has 0 saturated heterocycles. The van der Waals surface area contributed by atoms with E-state index in [4.69, 9.17) is 5.73 Å². The third kappa shape index (κ3) is 2.22. The number of anilines is 1. The van der Waals surface area contributed by atoms with Gasteiger partial charge in [0.2, 0.25) is 5.91 Å². The van der Waals surface area contributed by atoms with Crippen molar-refractivity contribution in [3.8, 4) is 0 Å². The summed E-state index contributed by atoms with van der Waals surface area (Å²) in [5.41, 5.74) is 5.91. The Balaban J connectivity index is 2.30. The van der Waals surface area contributed by atoms with Crippen molar-refractivity contribution in [2.45, 2.75) is 11.3 Å². The summed E-state index contributed by atoms with van der Waals surface area (Å²) in [6.07, 6.45) is -0.0541. The minimum atomic E-state index is -3.91. The summed E-state index contributed by atoms with van der Waals surface area (Å²) in [4.78, 5) is 24.9. The van der Waals surface area contributed by atoms with Crippen LogP contribution in [0.15, 0.2) is 23.1 Å². The Bertz CT molecular complexity index is 682. The third-order valence-corrected chi connectivity index (χ3v) is 4.88. The number of amides is 2. The molecule has 108 valence electrons. The zero-order valence-electron chi connectivity index (χ0n) is 11.2. The van der Waals surface area contributed by atoms with Gasteiger partial charge in [0.15, 0.2) is 0 Å². The van der Waals surface area contributed by atoms with Crippen LogP contribution in [0.2, 0.25) is 0 Å². The van der Waals surface area contributed by atoms with E-state index in [0.29, 0.717) is 0 Å². The van der Waals surface area contributed by atoms with Crippen LogP contribution in [0.4, 0.5) is 5.69 Å². The number of rotatable bonds is 3. The fourth-order valence-corrected chi connectivity index (χ4v) is 3.54. The van der Waals surface area contributed by atoms with Crippen molar-refractivity contribution < 1.29 is 18.0 Å². The van der Waals surface area contributed by atoms with E-state index in [-0.39, 0.29) is 35.0 Å². The van der Waals surface area contributed by atoms with Crippen LogP contribution in [0.1, 0.15) is 16.8 Å². The molecule has 0 fully saturated rings. The zero-order chi connectivity index (χ0) is 15.1. The number of hydrogen-bond acceptors (Lipinski definition) is 5. The van der Waals surface area contributed by atoms with Gasteiger partial charge in [0.25, 0.3) is 15.9 Å². The molecule has 1 aromatic carbocycles. The Morgan fingerprint density at radius 1 is 1.35 bits per heavy atom. The van der Waals surface area contributed by atoms with Crippen LogP contribution in [-0.4, -0.2) is 50.1 Å². The Kier molecular flexibility index (Phi) is 3.43. The van der Waals surface area contributed by atoms with Crippen LogP contribution < -0.4 is 5.73 Å². The molecule has 0 aliphatic carbocycles. The van der Waals surface area contributed by atoms with Gasteiger partial charge >= 0.3 is 0 Å². The van der Waals surface area contributed by atoms with Gasteiger partial charge in [-0.25, -0.2) is 12.7 Å². The number of sulfonamides is 1. The lowest BCUT2D eigenvalue weighted by atomic mass is 10.2. The number of nitrogens with zero attached hydrogens (tertiary/aromatic N) is 2. The Labute approximate surface area is 117 Å². The maximum Gasteiger partial charge on any atom is 0.269 e. The maximum atomic E-state index is 12.3. The van der Waals surface area contributed by atoms with E-state index in [2.05, 4.69) is 0 Å². The summed E-state index contributed by atoms with van der Waals surface area (Å²) in [5, 5.41) is 0. The van der Waals surface area contributed by atoms with E-state index in [1.165, 1.54) is 23.1 Å². The largest absolute Gasteiger partial charge is 0.399 e. The number of benzene rings is 1. The Hall–Kier alpha value is -2.09. The van der Waals surface area contributed by atoms with Crippen molar-refractivity contribution in [2.75, 3.05) is 26.4 Å². The van der Waals surface area contributed by atoms with E-state index < -0.39 is 15.9 Å². The second-order valence-electron chi connectivity index (χ2n) is 4.68. The molecule has 2 rings (SSSR count). The molecule has 0 radical (unpaired) electrons. The molecule has 2 amide bonds. The van der Waals surface area contributed by atoms with Gasteiger partial charge in [-0.3, -0.25) is 9.59 Å². The predicted molar refractivity (Wildman–Crippen MR) is 72.4 cm³/mol. The first-order valence-electron chi connectivity index (χ1n) is 5.92. The fourth-order valence-electron chi connectivity index (χ4n) is 1.93. The van der Waals surface area contributed by atoms with Crippen LogP contribution in [0.25, 0.3) is 0 Å². The monoisotopic (exact) mass is 297 g/mol. The Morgan fingerprint density at radius 3 is 2.60 bits per heavy atom. The smallest absolute Gasteiger partial charge is 0.269 e. The molecule has 7 nitrogen and oxygen atoms in total. The molecule has 1 aliphatic rings. The van der Waals surface area contributed by atoms with Crippen LogP contribution in [0.5, 0.6) is 0 Å². The summed E-state index contributed by atoms with van der Waals surface area (Å²) >= 11 is 0. The van der Waals surface area contributed by atoms with Gasteiger partial charge in [-0.2, -0.15) is 0 Å². The normalized spacial score (nSPS) is 16.1. The summed E-state index contributed by atoms with van der Waals surface area (Å²) in [5.74, 6) is -0.866. The average molecular weight is 297 g/mol. The molecule has 1 aromatic rings. The van der Waals surface area contributed by atoms with E-state index in [9.17, 15) is 18.0 Å². The first-order chi connectivity index (χ1) is 9.25. The van der Waals surface area contributed by atoms with Crippen LogP contribution in [0, 0.1) is 0 Å². The highest BCUT2D eigenvalue weighted by Crippen LogP contribution is 2.31. The lowest BCUT2D eigenvalue weighted by Gasteiger charge is -2.16. The first-order valence-corrected chi connectivity index (χ1v) is 7.36. The SMILES string of the molecule is CN(C)C(=O)CCN1C(=O)c2ccc(N)cc2S1(=O)=O. The number of carbonyl (C=O) groups is 2. The molecular formula is C12H15N3O4S. The Morgan fingerprint density at radius 2 is 2.00 bits per heavy atom. The number of fused-ring (bicyclic) bond motifs is 1. The third-order valence-electron chi connectivity index (χ3n) is 3.06. The van der Waals surface area contributed by atoms with Gasteiger partial charge in [-0.05, 0) is 18.2 Å². The van der Waals surface area contributed by atoms with Gasteiger partial charge in [-0.1, -0.05) is 0 Å². The minimum absolute atomic E-state index is 0.0541. The highest BCUT2D eigenvalue weighted by Gasteiger charge is 2.41. The highest BCUT2D eigenvalue weighted by molar-refractivity contribution is 7.90. The molecule has 8 heteroatoms. The van der Waals surface area contributed by atoms with Gasteiger partial charge in [-0.15, -0.1) is 0 Å². The van der Waals surface area contributed by atoms with Crippen molar-refractivity contribution in [1.82, 2.24) is 9.21 Å². The standard InChI is InChI=1S/C12H15N3O4S/c1-14(2)11(16)5-6-15-12(17)9-4-3-8(13)7-10(9)20(15,18)19/h3-4,7H,5-6,13H2,1-2H3. The van der Waals surface area contributed by atoms with Crippen LogP contribution >= 0.6 is 0 Å². The number of nitrogens with two attached hydrogens (primary N) is 1. The molecule has 0 spiro atoms. The van der Waals surface area contributed by atoms with Gasteiger partial charge in [0, 0.05) is 32.7 Å². The van der Waals surface area contributed by atoms with Crippen molar-refractivity contribution in [2.24, 2.45) is 0 Å². The van der Waals surface area contributed by atoms with Crippen molar-refractivity contribution in [1.29, 1.82) is 0 Å². The van der Waals surface area contributed by atoms with Crippen molar-refractivity contribution in [3.63, 3.8) is 0 Å². The summed E-state index contributed by atoms with van der Waals surface area (Å²) in [7, 11) is -0.771. The predicted octanol–water partition coefficient (Wildman–Crippen LogP) is -0.108. The molecule has 0 bridgehead atoms. The lowest BCUT2D eigenvalue weighted by molar-refractivity contribution is -0.128. The maximum absolute atomic E-state index is 12.3. The summed E-state index contributed by atoms with van der Waals surface area (Å²) in [6, 6.07) is 4.12. The lowest BCUT2D eigenvalue weighted by Crippen LogP contribution is -2.34. The van der Waals surface area contributed by atoms with Crippen LogP contribution in [0.3, 0.4) is 0 Å². The van der Waals surface area contributed by atoms with Gasteiger partial charge in [0.1, 0.15) is 4.90 Å². The summed E-state index contributed by atoms with van der Waals surface area (Å²) < 4.78 is 25.2. The average Bonchev–Trinajstić information content (AvgIpc) is 2.55. The van der Waals surface area contributed by atoms with E-state index in [1.807, 2.05) is 0 Å². The summed E-state index contributed by atoms with van der Waals surface area (Å²) in [6.45, 7) is -0.174. The highest BCUT2D eigenvalue weighted by atomic mass is 32.2. The molecule has 0 saturated carbocycles. The second-order valence-corrected chi connectivity index (χ2v) is 6.51. The molecule has 0 aromatic heterocycles. The van der Waals surface area contributed by atoms with Crippen molar-refractivity contribution in [3.05, 3.63) is 23.8 Å². The molecule has 20 heavy (non-hydrogen) atoms. The van der Waals surface area contributed by atoms with Crippen molar-refractivity contribution >= 4 is 27.5 Å². The molecule has 1 aliphatic heterocycles. The van der Waals surface area contributed by atoms with Crippen LogP contribution in [-0.2, 0) is 14.8 Å². The minimum Gasteiger partial charge on any atom is -0.399 e. The van der Waals surface area contributed by atoms with E-state index >= 15 is 0 Å². The van der Waals surface area contributed by atoms with Gasteiger partial charge in [0.05, 0.1) is 5.56 Å². The molecule has 0 atom stereocenters. The fraction of sp³-hybridized carbons (Fsp3) is 0.333.